The van der Waals surface area contributed by atoms with E-state index in [1.165, 1.54) is 16.9 Å². The quantitative estimate of drug-likeness (QED) is 0.596. The Balaban J connectivity index is 1.59. The maximum Gasteiger partial charge on any atom is 0.230 e. The van der Waals surface area contributed by atoms with Gasteiger partial charge >= 0.3 is 0 Å². The number of amides is 1. The number of nitrogens with one attached hydrogen (secondary N) is 2. The molecule has 1 aromatic heterocycles. The van der Waals surface area contributed by atoms with E-state index in [0.717, 1.165) is 42.8 Å². The molecule has 1 aliphatic heterocycles. The number of anilines is 2. The van der Waals surface area contributed by atoms with Gasteiger partial charge in [-0.05, 0) is 37.0 Å². The number of fused-ring (bicyclic) bond motifs is 1. The van der Waals surface area contributed by atoms with E-state index in [1.807, 2.05) is 22.4 Å². The van der Waals surface area contributed by atoms with Crippen molar-refractivity contribution >= 4 is 34.0 Å². The Kier molecular flexibility index (Phi) is 3.30. The summed E-state index contributed by atoms with van der Waals surface area (Å²) in [5.74, 6) is 0.409. The zero-order chi connectivity index (χ0) is 16.0. The number of benzene rings is 1. The second-order valence-electron chi connectivity index (χ2n) is 5.93. The van der Waals surface area contributed by atoms with E-state index in [4.69, 9.17) is 11.1 Å². The standard InChI is InChI=1S/C16H17N5OS/c17-15(18)20-16-19-12(8-23-16)10-3-4-13-11(7-10)5-6-21(13)14(22)9-1-2-9/h3-4,7-9H,1-2,5-6H2,(H4,17,18,19,20). The molecule has 118 valence electrons. The van der Waals surface area contributed by atoms with Crippen LogP contribution in [0, 0.1) is 11.3 Å². The van der Waals surface area contributed by atoms with Gasteiger partial charge in [0.2, 0.25) is 5.91 Å². The van der Waals surface area contributed by atoms with Gasteiger partial charge in [0.25, 0.3) is 0 Å². The summed E-state index contributed by atoms with van der Waals surface area (Å²) in [6, 6.07) is 6.14. The summed E-state index contributed by atoms with van der Waals surface area (Å²) in [6.45, 7) is 0.780. The minimum Gasteiger partial charge on any atom is -0.370 e. The molecule has 4 rings (SSSR count). The molecule has 0 atom stereocenters. The van der Waals surface area contributed by atoms with Crippen molar-refractivity contribution in [1.82, 2.24) is 4.98 Å². The lowest BCUT2D eigenvalue weighted by molar-refractivity contribution is -0.119. The largest absolute Gasteiger partial charge is 0.370 e. The Morgan fingerprint density at radius 1 is 1.43 bits per heavy atom. The van der Waals surface area contributed by atoms with Crippen LogP contribution in [0.5, 0.6) is 0 Å². The highest BCUT2D eigenvalue weighted by atomic mass is 32.1. The number of nitrogens with two attached hydrogens (primary N) is 1. The van der Waals surface area contributed by atoms with Gasteiger partial charge in [-0.1, -0.05) is 6.07 Å². The number of carbonyl (C=O) groups is 1. The van der Waals surface area contributed by atoms with E-state index in [0.29, 0.717) is 5.13 Å². The maximum absolute atomic E-state index is 12.3. The third-order valence-corrected chi connectivity index (χ3v) is 4.97. The molecule has 1 saturated carbocycles. The molecule has 6 nitrogen and oxygen atoms in total. The number of hydrogen-bond acceptors (Lipinski definition) is 4. The molecule has 4 N–H and O–H groups in total. The Morgan fingerprint density at radius 3 is 3.00 bits per heavy atom. The Hall–Kier alpha value is -2.41. The van der Waals surface area contributed by atoms with E-state index >= 15 is 0 Å². The summed E-state index contributed by atoms with van der Waals surface area (Å²) in [5.41, 5.74) is 9.45. The first-order chi connectivity index (χ1) is 11.1. The molecule has 1 aliphatic carbocycles. The van der Waals surface area contributed by atoms with Crippen LogP contribution in [-0.4, -0.2) is 23.4 Å². The molecule has 1 amide bonds. The Morgan fingerprint density at radius 2 is 2.26 bits per heavy atom. The molecule has 0 saturated heterocycles. The molecule has 0 bridgehead atoms. The van der Waals surface area contributed by atoms with Gasteiger partial charge in [0.1, 0.15) is 0 Å². The molecule has 0 unspecified atom stereocenters. The number of thiazole rings is 1. The molecule has 1 aromatic carbocycles. The number of guanidine groups is 1. The Bertz CT molecular complexity index is 796. The van der Waals surface area contributed by atoms with E-state index in [2.05, 4.69) is 16.4 Å². The van der Waals surface area contributed by atoms with Gasteiger partial charge in [-0.15, -0.1) is 11.3 Å². The van der Waals surface area contributed by atoms with Gasteiger partial charge in [0.15, 0.2) is 11.1 Å². The molecule has 0 spiro atoms. The third-order valence-electron chi connectivity index (χ3n) is 4.21. The summed E-state index contributed by atoms with van der Waals surface area (Å²) in [7, 11) is 0. The van der Waals surface area contributed by atoms with Crippen LogP contribution in [-0.2, 0) is 11.2 Å². The zero-order valence-electron chi connectivity index (χ0n) is 12.5. The molecular weight excluding hydrogens is 310 g/mol. The van der Waals surface area contributed by atoms with Crippen molar-refractivity contribution in [1.29, 1.82) is 5.41 Å². The van der Waals surface area contributed by atoms with Gasteiger partial charge < -0.3 is 16.0 Å². The highest BCUT2D eigenvalue weighted by Crippen LogP contribution is 2.38. The van der Waals surface area contributed by atoms with Gasteiger partial charge in [-0.25, -0.2) is 4.98 Å². The number of nitrogens with zero attached hydrogens (tertiary/aromatic N) is 2. The maximum atomic E-state index is 12.3. The average molecular weight is 327 g/mol. The number of aromatic nitrogens is 1. The first-order valence-corrected chi connectivity index (χ1v) is 8.51. The smallest absolute Gasteiger partial charge is 0.230 e. The molecule has 2 heterocycles. The first-order valence-electron chi connectivity index (χ1n) is 7.63. The third kappa shape index (κ3) is 2.68. The minimum absolute atomic E-state index is 0.117. The van der Waals surface area contributed by atoms with Crippen molar-refractivity contribution in [3.8, 4) is 11.3 Å². The highest BCUT2D eigenvalue weighted by Gasteiger charge is 2.36. The molecule has 23 heavy (non-hydrogen) atoms. The normalized spacial score (nSPS) is 16.3. The average Bonchev–Trinajstić information content (AvgIpc) is 3.13. The van der Waals surface area contributed by atoms with Crippen LogP contribution >= 0.6 is 11.3 Å². The minimum atomic E-state index is -0.117. The summed E-state index contributed by atoms with van der Waals surface area (Å²) in [6.07, 6.45) is 2.96. The summed E-state index contributed by atoms with van der Waals surface area (Å²) in [5, 5.41) is 12.5. The van der Waals surface area contributed by atoms with Crippen molar-refractivity contribution in [3.63, 3.8) is 0 Å². The predicted molar refractivity (Wildman–Crippen MR) is 91.9 cm³/mol. The van der Waals surface area contributed by atoms with E-state index < -0.39 is 0 Å². The van der Waals surface area contributed by atoms with Crippen molar-refractivity contribution in [2.24, 2.45) is 11.7 Å². The van der Waals surface area contributed by atoms with E-state index in [-0.39, 0.29) is 17.8 Å². The van der Waals surface area contributed by atoms with Crippen LogP contribution < -0.4 is 16.0 Å². The van der Waals surface area contributed by atoms with Crippen LogP contribution in [0.2, 0.25) is 0 Å². The van der Waals surface area contributed by atoms with Gasteiger partial charge in [-0.2, -0.15) is 0 Å². The lowest BCUT2D eigenvalue weighted by atomic mass is 10.1. The van der Waals surface area contributed by atoms with Crippen LogP contribution in [0.4, 0.5) is 10.8 Å². The fourth-order valence-electron chi connectivity index (χ4n) is 2.92. The van der Waals surface area contributed by atoms with Gasteiger partial charge in [0, 0.05) is 29.1 Å². The number of rotatable bonds is 3. The second kappa shape index (κ2) is 5.34. The Labute approximate surface area is 137 Å². The van der Waals surface area contributed by atoms with Crippen molar-refractivity contribution in [3.05, 3.63) is 29.1 Å². The van der Waals surface area contributed by atoms with Crippen molar-refractivity contribution in [2.75, 3.05) is 16.8 Å². The monoisotopic (exact) mass is 327 g/mol. The lowest BCUT2D eigenvalue weighted by Crippen LogP contribution is -2.30. The van der Waals surface area contributed by atoms with Crippen LogP contribution in [0.15, 0.2) is 23.6 Å². The van der Waals surface area contributed by atoms with Crippen LogP contribution in [0.3, 0.4) is 0 Å². The first kappa shape index (κ1) is 14.2. The van der Waals surface area contributed by atoms with Crippen molar-refractivity contribution < 1.29 is 4.79 Å². The molecular formula is C16H17N5OS. The molecule has 1 fully saturated rings. The molecule has 2 aromatic rings. The topological polar surface area (TPSA) is 95.1 Å². The van der Waals surface area contributed by atoms with E-state index in [1.54, 1.807) is 0 Å². The summed E-state index contributed by atoms with van der Waals surface area (Å²) < 4.78 is 0. The molecule has 0 radical (unpaired) electrons. The summed E-state index contributed by atoms with van der Waals surface area (Å²) >= 11 is 1.42. The fourth-order valence-corrected chi connectivity index (χ4v) is 3.65. The number of hydrogen-bond donors (Lipinski definition) is 3. The van der Waals surface area contributed by atoms with Crippen LogP contribution in [0.25, 0.3) is 11.3 Å². The van der Waals surface area contributed by atoms with Crippen molar-refractivity contribution in [2.45, 2.75) is 19.3 Å². The van der Waals surface area contributed by atoms with E-state index in [9.17, 15) is 4.79 Å². The SMILES string of the molecule is N=C(N)Nc1nc(-c2ccc3c(c2)CCN3C(=O)C2CC2)cs1. The van der Waals surface area contributed by atoms with Crippen LogP contribution in [0.1, 0.15) is 18.4 Å². The predicted octanol–water partition coefficient (Wildman–Crippen LogP) is 2.41. The zero-order valence-corrected chi connectivity index (χ0v) is 13.3. The lowest BCUT2D eigenvalue weighted by Gasteiger charge is -2.17. The molecule has 7 heteroatoms. The fraction of sp³-hybridized carbons (Fsp3) is 0.312. The van der Waals surface area contributed by atoms with Gasteiger partial charge in [0.05, 0.1) is 5.69 Å². The molecule has 2 aliphatic rings. The summed E-state index contributed by atoms with van der Waals surface area (Å²) in [4.78, 5) is 18.7. The highest BCUT2D eigenvalue weighted by molar-refractivity contribution is 7.14. The van der Waals surface area contributed by atoms with Gasteiger partial charge in [-0.3, -0.25) is 10.2 Å². The number of carbonyl (C=O) groups excluding carboxylic acids is 1. The second-order valence-corrected chi connectivity index (χ2v) is 6.79.